The molecule has 1 aromatic carbocycles. The van der Waals surface area contributed by atoms with Crippen LogP contribution < -0.4 is 14.8 Å². The lowest BCUT2D eigenvalue weighted by molar-refractivity contribution is -0.115. The van der Waals surface area contributed by atoms with Gasteiger partial charge in [-0.25, -0.2) is 4.79 Å². The number of thiophene rings is 2. The predicted molar refractivity (Wildman–Crippen MR) is 115 cm³/mol. The van der Waals surface area contributed by atoms with Gasteiger partial charge in [-0.15, -0.1) is 11.3 Å². The van der Waals surface area contributed by atoms with Crippen LogP contribution in [0.25, 0.3) is 10.4 Å². The SMILES string of the molecule is CCOC(=O)c1sc(-c2ccc(OC)c(OC)c2)cc1NC(=O)Cc1ccsc1. The largest absolute Gasteiger partial charge is 0.493 e. The summed E-state index contributed by atoms with van der Waals surface area (Å²) in [5, 5.41) is 6.70. The van der Waals surface area contributed by atoms with Crippen LogP contribution >= 0.6 is 22.7 Å². The molecule has 0 aliphatic heterocycles. The van der Waals surface area contributed by atoms with Gasteiger partial charge in [0, 0.05) is 4.88 Å². The van der Waals surface area contributed by atoms with Crippen molar-refractivity contribution in [3.05, 3.63) is 51.5 Å². The molecular weight excluding hydrogens is 410 g/mol. The fraction of sp³-hybridized carbons (Fsp3) is 0.238. The van der Waals surface area contributed by atoms with E-state index in [0.717, 1.165) is 16.0 Å². The maximum Gasteiger partial charge on any atom is 0.350 e. The number of carbonyl (C=O) groups is 2. The quantitative estimate of drug-likeness (QED) is 0.516. The number of esters is 1. The first-order valence-electron chi connectivity index (χ1n) is 8.90. The van der Waals surface area contributed by atoms with Crippen LogP contribution in [0.15, 0.2) is 41.1 Å². The van der Waals surface area contributed by atoms with Crippen LogP contribution in [0.1, 0.15) is 22.2 Å². The smallest absolute Gasteiger partial charge is 0.350 e. The number of nitrogens with one attached hydrogen (secondary N) is 1. The highest BCUT2D eigenvalue weighted by molar-refractivity contribution is 7.18. The Morgan fingerprint density at radius 2 is 1.86 bits per heavy atom. The molecule has 0 saturated heterocycles. The minimum atomic E-state index is -0.463. The first kappa shape index (κ1) is 20.9. The van der Waals surface area contributed by atoms with Crippen molar-refractivity contribution in [2.45, 2.75) is 13.3 Å². The molecule has 0 aliphatic rings. The van der Waals surface area contributed by atoms with Crippen LogP contribution in [0.3, 0.4) is 0 Å². The Labute approximate surface area is 177 Å². The molecule has 152 valence electrons. The van der Waals surface area contributed by atoms with Gasteiger partial charge in [0.15, 0.2) is 11.5 Å². The van der Waals surface area contributed by atoms with E-state index in [2.05, 4.69) is 5.32 Å². The van der Waals surface area contributed by atoms with Gasteiger partial charge < -0.3 is 19.5 Å². The predicted octanol–water partition coefficient (Wildman–Crippen LogP) is 4.85. The van der Waals surface area contributed by atoms with E-state index in [4.69, 9.17) is 14.2 Å². The minimum Gasteiger partial charge on any atom is -0.493 e. The zero-order valence-corrected chi connectivity index (χ0v) is 17.9. The van der Waals surface area contributed by atoms with Gasteiger partial charge in [-0.1, -0.05) is 0 Å². The zero-order valence-electron chi connectivity index (χ0n) is 16.3. The maximum absolute atomic E-state index is 12.5. The first-order chi connectivity index (χ1) is 14.0. The Morgan fingerprint density at radius 3 is 2.52 bits per heavy atom. The highest BCUT2D eigenvalue weighted by atomic mass is 32.1. The Bertz CT molecular complexity index is 995. The summed E-state index contributed by atoms with van der Waals surface area (Å²) >= 11 is 2.80. The van der Waals surface area contributed by atoms with Gasteiger partial charge in [-0.2, -0.15) is 11.3 Å². The monoisotopic (exact) mass is 431 g/mol. The summed E-state index contributed by atoms with van der Waals surface area (Å²) in [4.78, 5) is 26.0. The van der Waals surface area contributed by atoms with Crippen LogP contribution in [0.4, 0.5) is 5.69 Å². The molecule has 0 fully saturated rings. The van der Waals surface area contributed by atoms with E-state index in [1.807, 2.05) is 29.0 Å². The number of amides is 1. The number of benzene rings is 1. The lowest BCUT2D eigenvalue weighted by atomic mass is 10.1. The van der Waals surface area contributed by atoms with Crippen molar-refractivity contribution in [3.8, 4) is 21.9 Å². The molecule has 6 nitrogen and oxygen atoms in total. The molecule has 0 radical (unpaired) electrons. The second kappa shape index (κ2) is 9.58. The highest BCUT2D eigenvalue weighted by Gasteiger charge is 2.21. The van der Waals surface area contributed by atoms with E-state index in [-0.39, 0.29) is 18.9 Å². The van der Waals surface area contributed by atoms with Gasteiger partial charge in [-0.3, -0.25) is 4.79 Å². The molecule has 3 rings (SSSR count). The minimum absolute atomic E-state index is 0.189. The zero-order chi connectivity index (χ0) is 20.8. The lowest BCUT2D eigenvalue weighted by Crippen LogP contribution is -2.16. The third-order valence-electron chi connectivity index (χ3n) is 4.08. The summed E-state index contributed by atoms with van der Waals surface area (Å²) in [6, 6.07) is 9.19. The second-order valence-corrected chi connectivity index (χ2v) is 7.83. The van der Waals surface area contributed by atoms with E-state index in [0.29, 0.717) is 22.1 Å². The molecular formula is C21H21NO5S2. The number of anilines is 1. The number of hydrogen-bond acceptors (Lipinski definition) is 7. The van der Waals surface area contributed by atoms with E-state index in [1.165, 1.54) is 22.7 Å². The molecule has 0 spiro atoms. The van der Waals surface area contributed by atoms with E-state index in [1.54, 1.807) is 33.3 Å². The van der Waals surface area contributed by atoms with Gasteiger partial charge in [0.25, 0.3) is 0 Å². The molecule has 2 aromatic heterocycles. The van der Waals surface area contributed by atoms with E-state index >= 15 is 0 Å². The number of methoxy groups -OCH3 is 2. The van der Waals surface area contributed by atoms with Gasteiger partial charge >= 0.3 is 5.97 Å². The average Bonchev–Trinajstić information content (AvgIpc) is 3.37. The maximum atomic E-state index is 12.5. The lowest BCUT2D eigenvalue weighted by Gasteiger charge is -2.08. The Balaban J connectivity index is 1.92. The molecule has 0 aliphatic carbocycles. The third-order valence-corrected chi connectivity index (χ3v) is 5.98. The normalized spacial score (nSPS) is 10.4. The van der Waals surface area contributed by atoms with Crippen molar-refractivity contribution in [1.29, 1.82) is 0 Å². The standard InChI is InChI=1S/C21H21NO5S2/c1-4-27-21(24)20-15(22-19(23)9-13-7-8-28-12-13)11-18(29-20)14-5-6-16(25-2)17(10-14)26-3/h5-8,10-12H,4,9H2,1-3H3,(H,22,23). The fourth-order valence-electron chi connectivity index (χ4n) is 2.74. The average molecular weight is 432 g/mol. The first-order valence-corrected chi connectivity index (χ1v) is 10.7. The molecule has 3 aromatic rings. The molecule has 0 unspecified atom stereocenters. The second-order valence-electron chi connectivity index (χ2n) is 6.00. The molecule has 0 bridgehead atoms. The third kappa shape index (κ3) is 4.96. The van der Waals surface area contributed by atoms with Crippen LogP contribution in [0.2, 0.25) is 0 Å². The molecule has 29 heavy (non-hydrogen) atoms. The fourth-order valence-corrected chi connectivity index (χ4v) is 4.41. The summed E-state index contributed by atoms with van der Waals surface area (Å²) in [6.45, 7) is 2.00. The summed E-state index contributed by atoms with van der Waals surface area (Å²) in [6.07, 6.45) is 0.243. The van der Waals surface area contributed by atoms with Crippen LogP contribution in [-0.4, -0.2) is 32.7 Å². The molecule has 0 saturated carbocycles. The topological polar surface area (TPSA) is 73.9 Å². The van der Waals surface area contributed by atoms with Crippen LogP contribution in [-0.2, 0) is 16.0 Å². The van der Waals surface area contributed by atoms with E-state index < -0.39 is 5.97 Å². The van der Waals surface area contributed by atoms with Crippen molar-refractivity contribution in [2.24, 2.45) is 0 Å². The van der Waals surface area contributed by atoms with Gasteiger partial charge in [0.2, 0.25) is 5.91 Å². The van der Waals surface area contributed by atoms with Crippen molar-refractivity contribution in [2.75, 3.05) is 26.1 Å². The number of hydrogen-bond donors (Lipinski definition) is 1. The Hall–Kier alpha value is -2.84. The van der Waals surface area contributed by atoms with Crippen LogP contribution in [0.5, 0.6) is 11.5 Å². The highest BCUT2D eigenvalue weighted by Crippen LogP contribution is 2.39. The van der Waals surface area contributed by atoms with Crippen LogP contribution in [0, 0.1) is 0 Å². The van der Waals surface area contributed by atoms with Crippen molar-refractivity contribution < 1.29 is 23.8 Å². The number of carbonyl (C=O) groups excluding carboxylic acids is 2. The summed E-state index contributed by atoms with van der Waals surface area (Å²) in [5.74, 6) is 0.544. The Kier molecular flexibility index (Phi) is 6.90. The number of rotatable bonds is 8. The van der Waals surface area contributed by atoms with E-state index in [9.17, 15) is 9.59 Å². The molecule has 0 atom stereocenters. The molecule has 8 heteroatoms. The van der Waals surface area contributed by atoms with Crippen molar-refractivity contribution in [1.82, 2.24) is 0 Å². The van der Waals surface area contributed by atoms with Crippen molar-refractivity contribution in [3.63, 3.8) is 0 Å². The van der Waals surface area contributed by atoms with Crippen molar-refractivity contribution >= 4 is 40.2 Å². The number of ether oxygens (including phenoxy) is 3. The van der Waals surface area contributed by atoms with Gasteiger partial charge in [0.1, 0.15) is 4.88 Å². The Morgan fingerprint density at radius 1 is 1.07 bits per heavy atom. The summed E-state index contributed by atoms with van der Waals surface area (Å²) in [5.41, 5.74) is 2.22. The van der Waals surface area contributed by atoms with Gasteiger partial charge in [0.05, 0.1) is 32.9 Å². The van der Waals surface area contributed by atoms with Gasteiger partial charge in [-0.05, 0) is 59.1 Å². The molecule has 1 amide bonds. The molecule has 1 N–H and O–H groups in total. The molecule has 2 heterocycles. The summed E-state index contributed by atoms with van der Waals surface area (Å²) < 4.78 is 15.8. The summed E-state index contributed by atoms with van der Waals surface area (Å²) in [7, 11) is 3.14.